The first-order chi connectivity index (χ1) is 14.5. The number of carbonyl (C=O) groups is 1. The van der Waals surface area contributed by atoms with Crippen LogP contribution >= 0.6 is 11.6 Å². The van der Waals surface area contributed by atoms with Crippen molar-refractivity contribution in [3.8, 4) is 0 Å². The molecule has 1 unspecified atom stereocenters. The van der Waals surface area contributed by atoms with Crippen LogP contribution in [0.2, 0.25) is 5.02 Å². The lowest BCUT2D eigenvalue weighted by Gasteiger charge is -2.33. The maximum absolute atomic E-state index is 10.8. The molecule has 0 bridgehead atoms. The number of fused-ring (bicyclic) bond motifs is 1. The van der Waals surface area contributed by atoms with Crippen molar-refractivity contribution in [3.05, 3.63) is 64.9 Å². The van der Waals surface area contributed by atoms with Crippen LogP contribution in [0.4, 0.5) is 5.82 Å². The highest BCUT2D eigenvalue weighted by Gasteiger charge is 2.19. The Balaban J connectivity index is 0.000000199. The quantitative estimate of drug-likeness (QED) is 0.648. The Morgan fingerprint density at radius 3 is 2.37 bits per heavy atom. The van der Waals surface area contributed by atoms with Crippen molar-refractivity contribution in [1.29, 1.82) is 0 Å². The first-order valence-electron chi connectivity index (χ1n) is 10.1. The van der Waals surface area contributed by atoms with E-state index in [-0.39, 0.29) is 6.04 Å². The highest BCUT2D eigenvalue weighted by Crippen LogP contribution is 2.24. The highest BCUT2D eigenvalue weighted by molar-refractivity contribution is 6.30. The summed E-state index contributed by atoms with van der Waals surface area (Å²) in [5, 5.41) is 1.85. The van der Waals surface area contributed by atoms with E-state index in [4.69, 9.17) is 17.3 Å². The van der Waals surface area contributed by atoms with Gasteiger partial charge in [0, 0.05) is 42.6 Å². The van der Waals surface area contributed by atoms with Gasteiger partial charge in [-0.05, 0) is 50.1 Å². The zero-order valence-electron chi connectivity index (χ0n) is 17.5. The molecule has 1 fully saturated rings. The van der Waals surface area contributed by atoms with Gasteiger partial charge in [0.15, 0.2) is 0 Å². The lowest BCUT2D eigenvalue weighted by atomic mass is 10.1. The summed E-state index contributed by atoms with van der Waals surface area (Å²) in [6.07, 6.45) is 1.83. The topological polar surface area (TPSA) is 75.3 Å². The van der Waals surface area contributed by atoms with Crippen molar-refractivity contribution in [2.24, 2.45) is 5.73 Å². The molecule has 1 aliphatic heterocycles. The van der Waals surface area contributed by atoms with Crippen molar-refractivity contribution >= 4 is 34.7 Å². The third-order valence-electron chi connectivity index (χ3n) is 4.93. The molecule has 158 valence electrons. The van der Waals surface area contributed by atoms with Crippen LogP contribution in [-0.4, -0.2) is 53.5 Å². The van der Waals surface area contributed by atoms with Gasteiger partial charge in [0.25, 0.3) is 0 Å². The summed E-state index contributed by atoms with van der Waals surface area (Å²) in [4.78, 5) is 23.8. The molecule has 1 amide bonds. The minimum Gasteiger partial charge on any atom is -0.352 e. The van der Waals surface area contributed by atoms with Gasteiger partial charge >= 0.3 is 0 Å². The van der Waals surface area contributed by atoms with Crippen LogP contribution in [0.3, 0.4) is 0 Å². The second-order valence-electron chi connectivity index (χ2n) is 7.55. The van der Waals surface area contributed by atoms with Gasteiger partial charge in [-0.3, -0.25) is 4.79 Å². The van der Waals surface area contributed by atoms with Crippen LogP contribution in [0.15, 0.2) is 48.5 Å². The van der Waals surface area contributed by atoms with Gasteiger partial charge in [-0.15, -0.1) is 0 Å². The molecule has 1 saturated heterocycles. The number of aryl methyl sites for hydroxylation is 1. The molecule has 7 heteroatoms. The molecule has 3 aromatic rings. The predicted molar refractivity (Wildman–Crippen MR) is 123 cm³/mol. The van der Waals surface area contributed by atoms with Crippen LogP contribution in [0.1, 0.15) is 18.3 Å². The highest BCUT2D eigenvalue weighted by atomic mass is 35.5. The van der Waals surface area contributed by atoms with Gasteiger partial charge in [-0.1, -0.05) is 35.9 Å². The monoisotopic (exact) mass is 425 g/mol. The van der Waals surface area contributed by atoms with E-state index in [0.717, 1.165) is 66.6 Å². The number of nitrogens with zero attached hydrogens (tertiary/aromatic N) is 4. The largest absolute Gasteiger partial charge is 0.352 e. The summed E-state index contributed by atoms with van der Waals surface area (Å²) in [6, 6.07) is 16.1. The van der Waals surface area contributed by atoms with E-state index in [0.29, 0.717) is 0 Å². The van der Waals surface area contributed by atoms with Crippen molar-refractivity contribution in [2.75, 3.05) is 31.1 Å². The van der Waals surface area contributed by atoms with Gasteiger partial charge in [-0.2, -0.15) is 0 Å². The Morgan fingerprint density at radius 1 is 1.07 bits per heavy atom. The number of nitrogens with two attached hydrogens (primary N) is 1. The molecule has 2 aromatic carbocycles. The Labute approximate surface area is 182 Å². The molecule has 1 aromatic heterocycles. The number of anilines is 1. The zero-order chi connectivity index (χ0) is 21.5. The van der Waals surface area contributed by atoms with Crippen LogP contribution in [0, 0.1) is 6.92 Å². The lowest BCUT2D eigenvalue weighted by molar-refractivity contribution is -0.118. The molecule has 0 saturated carbocycles. The fraction of sp³-hybridized carbons (Fsp3) is 0.348. The second kappa shape index (κ2) is 10.4. The van der Waals surface area contributed by atoms with Crippen molar-refractivity contribution < 1.29 is 4.79 Å². The second-order valence-corrected chi connectivity index (χ2v) is 7.98. The minimum atomic E-state index is 0.219. The number of hydrogen-bond donors (Lipinski definition) is 1. The molecule has 30 heavy (non-hydrogen) atoms. The zero-order valence-corrected chi connectivity index (χ0v) is 18.2. The normalized spacial score (nSPS) is 14.8. The third kappa shape index (κ3) is 5.90. The maximum Gasteiger partial charge on any atom is 0.209 e. The minimum absolute atomic E-state index is 0.219. The molecule has 1 atom stereocenters. The summed E-state index contributed by atoms with van der Waals surface area (Å²) >= 11 is 5.72. The van der Waals surface area contributed by atoms with Gasteiger partial charge in [0.05, 0.1) is 5.52 Å². The Kier molecular flexibility index (Phi) is 7.60. The summed E-state index contributed by atoms with van der Waals surface area (Å²) in [5.41, 5.74) is 7.84. The molecule has 1 aliphatic rings. The van der Waals surface area contributed by atoms with E-state index in [1.807, 2.05) is 56.3 Å². The van der Waals surface area contributed by atoms with Crippen LogP contribution in [-0.2, 0) is 11.2 Å². The number of rotatable bonds is 4. The molecule has 0 spiro atoms. The van der Waals surface area contributed by atoms with Crippen molar-refractivity contribution in [2.45, 2.75) is 26.3 Å². The SMILES string of the molecule is CC(N)Cc1ccc(Cl)cc1.Cc1nc(N2CCN(C=O)CC2)c2ccccc2n1. The van der Waals surface area contributed by atoms with Crippen molar-refractivity contribution in [3.63, 3.8) is 0 Å². The van der Waals surface area contributed by atoms with E-state index < -0.39 is 0 Å². The smallest absolute Gasteiger partial charge is 0.209 e. The summed E-state index contributed by atoms with van der Waals surface area (Å²) in [7, 11) is 0. The van der Waals surface area contributed by atoms with E-state index in [1.165, 1.54) is 5.56 Å². The Hall–Kier alpha value is -2.70. The molecule has 2 N–H and O–H groups in total. The first-order valence-corrected chi connectivity index (χ1v) is 10.5. The first kappa shape index (κ1) is 22.0. The third-order valence-corrected chi connectivity index (χ3v) is 5.18. The summed E-state index contributed by atoms with van der Waals surface area (Å²) in [6.45, 7) is 7.05. The Bertz CT molecular complexity index is 969. The number of benzene rings is 2. The van der Waals surface area contributed by atoms with E-state index in [1.54, 1.807) is 4.90 Å². The van der Waals surface area contributed by atoms with Crippen LogP contribution < -0.4 is 10.6 Å². The molecule has 4 rings (SSSR count). The van der Waals surface area contributed by atoms with Gasteiger partial charge in [0.1, 0.15) is 11.6 Å². The number of hydrogen-bond acceptors (Lipinski definition) is 5. The van der Waals surface area contributed by atoms with Gasteiger partial charge in [0.2, 0.25) is 6.41 Å². The fourth-order valence-corrected chi connectivity index (χ4v) is 3.57. The van der Waals surface area contributed by atoms with Crippen molar-refractivity contribution in [1.82, 2.24) is 14.9 Å². The standard InChI is InChI=1S/C14H16N4O.C9H12ClN/c1-11-15-13-5-3-2-4-12(13)14(16-11)18-8-6-17(10-19)7-9-18;1-7(11)6-8-2-4-9(10)5-3-8/h2-5,10H,6-9H2,1H3;2-5,7H,6,11H2,1H3. The number of halogens is 1. The number of amides is 1. The number of carbonyl (C=O) groups excluding carboxylic acids is 1. The summed E-state index contributed by atoms with van der Waals surface area (Å²) < 4.78 is 0. The number of para-hydroxylation sites is 1. The van der Waals surface area contributed by atoms with E-state index in [9.17, 15) is 4.79 Å². The fourth-order valence-electron chi connectivity index (χ4n) is 3.45. The molecule has 6 nitrogen and oxygen atoms in total. The Morgan fingerprint density at radius 2 is 1.73 bits per heavy atom. The molecule has 2 heterocycles. The number of aromatic nitrogens is 2. The molecule has 0 radical (unpaired) electrons. The number of piperazine rings is 1. The van der Waals surface area contributed by atoms with Gasteiger partial charge in [-0.25, -0.2) is 9.97 Å². The molecular weight excluding hydrogens is 398 g/mol. The van der Waals surface area contributed by atoms with Crippen LogP contribution in [0.5, 0.6) is 0 Å². The summed E-state index contributed by atoms with van der Waals surface area (Å²) in [5.74, 6) is 1.76. The predicted octanol–water partition coefficient (Wildman–Crippen LogP) is 3.45. The average Bonchev–Trinajstić information content (AvgIpc) is 2.75. The van der Waals surface area contributed by atoms with Crippen LogP contribution in [0.25, 0.3) is 10.9 Å². The maximum atomic E-state index is 10.8. The molecule has 0 aliphatic carbocycles. The average molecular weight is 426 g/mol. The molecular formula is C23H28ClN5O. The van der Waals surface area contributed by atoms with Gasteiger partial charge < -0.3 is 15.5 Å². The van der Waals surface area contributed by atoms with E-state index >= 15 is 0 Å². The van der Waals surface area contributed by atoms with E-state index in [2.05, 4.69) is 20.9 Å². The lowest BCUT2D eigenvalue weighted by Crippen LogP contribution is -2.46.